The summed E-state index contributed by atoms with van der Waals surface area (Å²) in [4.78, 5) is 24.0. The van der Waals surface area contributed by atoms with Gasteiger partial charge < -0.3 is 19.7 Å². The van der Waals surface area contributed by atoms with E-state index in [0.717, 1.165) is 33.5 Å². The molecule has 4 heterocycles. The number of aryl methyl sites for hydroxylation is 3. The molecule has 0 aliphatic carbocycles. The van der Waals surface area contributed by atoms with Gasteiger partial charge in [0.15, 0.2) is 5.69 Å². The van der Waals surface area contributed by atoms with Crippen LogP contribution in [0.15, 0.2) is 41.1 Å². The van der Waals surface area contributed by atoms with Crippen molar-refractivity contribution in [3.63, 3.8) is 0 Å². The van der Waals surface area contributed by atoms with Crippen molar-refractivity contribution in [2.45, 2.75) is 32.8 Å². The van der Waals surface area contributed by atoms with E-state index in [0.29, 0.717) is 37.5 Å². The number of hydrogen-bond donors (Lipinski definition) is 2. The SMILES string of the molecule is Cc1cc(-c2nc(C(=O)Nc3cc4cn(C)nc4cc3N3CCC(O)CC3)co2)cc(C)n1. The van der Waals surface area contributed by atoms with Gasteiger partial charge in [-0.3, -0.25) is 14.5 Å². The highest BCUT2D eigenvalue weighted by Gasteiger charge is 2.23. The molecule has 9 nitrogen and oxygen atoms in total. The summed E-state index contributed by atoms with van der Waals surface area (Å²) in [7, 11) is 1.87. The lowest BCUT2D eigenvalue weighted by atomic mass is 10.1. The topological polar surface area (TPSA) is 109 Å². The second-order valence-electron chi connectivity index (χ2n) is 8.58. The minimum absolute atomic E-state index is 0.198. The van der Waals surface area contributed by atoms with Crippen LogP contribution in [-0.2, 0) is 7.05 Å². The van der Waals surface area contributed by atoms with Crippen LogP contribution in [0, 0.1) is 13.8 Å². The fourth-order valence-electron chi connectivity index (χ4n) is 4.31. The molecule has 0 atom stereocenters. The van der Waals surface area contributed by atoms with Crippen LogP contribution in [0.1, 0.15) is 34.7 Å². The van der Waals surface area contributed by atoms with Gasteiger partial charge in [-0.1, -0.05) is 0 Å². The first kappa shape index (κ1) is 21.1. The Hall–Kier alpha value is -3.72. The van der Waals surface area contributed by atoms with E-state index in [4.69, 9.17) is 4.42 Å². The smallest absolute Gasteiger partial charge is 0.277 e. The lowest BCUT2D eigenvalue weighted by molar-refractivity contribution is 0.102. The number of hydrogen-bond acceptors (Lipinski definition) is 7. The Morgan fingerprint density at radius 2 is 1.85 bits per heavy atom. The average Bonchev–Trinajstić information content (AvgIpc) is 3.39. The van der Waals surface area contributed by atoms with Crippen LogP contribution >= 0.6 is 0 Å². The van der Waals surface area contributed by atoms with Gasteiger partial charge in [-0.15, -0.1) is 0 Å². The third-order valence-electron chi connectivity index (χ3n) is 5.86. The van der Waals surface area contributed by atoms with E-state index in [1.165, 1.54) is 6.26 Å². The van der Waals surface area contributed by atoms with Gasteiger partial charge in [-0.2, -0.15) is 5.10 Å². The molecule has 0 unspecified atom stereocenters. The highest BCUT2D eigenvalue weighted by Crippen LogP contribution is 2.33. The van der Waals surface area contributed by atoms with Gasteiger partial charge in [-0.05, 0) is 51.0 Å². The fraction of sp³-hybridized carbons (Fsp3) is 0.333. The number of carbonyl (C=O) groups excluding carboxylic acids is 1. The number of nitrogens with zero attached hydrogens (tertiary/aromatic N) is 5. The highest BCUT2D eigenvalue weighted by atomic mass is 16.3. The van der Waals surface area contributed by atoms with Gasteiger partial charge >= 0.3 is 0 Å². The van der Waals surface area contributed by atoms with Gasteiger partial charge in [0.2, 0.25) is 5.89 Å². The first-order valence-corrected chi connectivity index (χ1v) is 11.0. The van der Waals surface area contributed by atoms with Gasteiger partial charge in [-0.25, -0.2) is 4.98 Å². The fourth-order valence-corrected chi connectivity index (χ4v) is 4.31. The third-order valence-corrected chi connectivity index (χ3v) is 5.86. The van der Waals surface area contributed by atoms with Gasteiger partial charge in [0.05, 0.1) is 23.0 Å². The predicted octanol–water partition coefficient (Wildman–Crippen LogP) is 3.45. The van der Waals surface area contributed by atoms with Crippen molar-refractivity contribution in [2.24, 2.45) is 7.05 Å². The molecule has 5 rings (SSSR count). The van der Waals surface area contributed by atoms with Crippen molar-refractivity contribution in [1.82, 2.24) is 19.7 Å². The first-order valence-electron chi connectivity index (χ1n) is 11.0. The zero-order valence-corrected chi connectivity index (χ0v) is 18.9. The number of oxazole rings is 1. The van der Waals surface area contributed by atoms with E-state index < -0.39 is 0 Å². The minimum Gasteiger partial charge on any atom is -0.444 e. The number of fused-ring (bicyclic) bond motifs is 1. The van der Waals surface area contributed by atoms with Crippen molar-refractivity contribution in [1.29, 1.82) is 0 Å². The Labute approximate surface area is 191 Å². The van der Waals surface area contributed by atoms with Crippen LogP contribution in [-0.4, -0.2) is 50.0 Å². The molecule has 0 saturated carbocycles. The average molecular weight is 447 g/mol. The van der Waals surface area contributed by atoms with E-state index >= 15 is 0 Å². The Morgan fingerprint density at radius 1 is 1.12 bits per heavy atom. The van der Waals surface area contributed by atoms with Crippen molar-refractivity contribution in [3.05, 3.63) is 53.8 Å². The number of piperidine rings is 1. The molecule has 9 heteroatoms. The molecule has 1 saturated heterocycles. The number of pyridine rings is 1. The molecule has 1 aromatic carbocycles. The molecule has 170 valence electrons. The predicted molar refractivity (Wildman–Crippen MR) is 125 cm³/mol. The number of anilines is 2. The number of aliphatic hydroxyl groups is 1. The Balaban J connectivity index is 1.45. The summed E-state index contributed by atoms with van der Waals surface area (Å²) in [6.07, 6.45) is 4.37. The molecule has 0 bridgehead atoms. The third kappa shape index (κ3) is 4.31. The number of aromatic nitrogens is 4. The zero-order chi connectivity index (χ0) is 23.1. The van der Waals surface area contributed by atoms with Gasteiger partial charge in [0.25, 0.3) is 5.91 Å². The molecule has 0 radical (unpaired) electrons. The largest absolute Gasteiger partial charge is 0.444 e. The summed E-state index contributed by atoms with van der Waals surface area (Å²) in [5, 5.41) is 18.4. The summed E-state index contributed by atoms with van der Waals surface area (Å²) >= 11 is 0. The van der Waals surface area contributed by atoms with Crippen molar-refractivity contribution >= 4 is 28.2 Å². The number of rotatable bonds is 4. The van der Waals surface area contributed by atoms with Gasteiger partial charge in [0.1, 0.15) is 6.26 Å². The second kappa shape index (κ2) is 8.32. The Bertz CT molecular complexity index is 1310. The number of carbonyl (C=O) groups is 1. The maximum absolute atomic E-state index is 13.1. The minimum atomic E-state index is -0.353. The van der Waals surface area contributed by atoms with Crippen molar-refractivity contribution < 1.29 is 14.3 Å². The number of benzene rings is 1. The van der Waals surface area contributed by atoms with E-state index in [1.807, 2.05) is 51.4 Å². The lowest BCUT2D eigenvalue weighted by Gasteiger charge is -2.32. The second-order valence-corrected chi connectivity index (χ2v) is 8.58. The quantitative estimate of drug-likeness (QED) is 0.494. The first-order chi connectivity index (χ1) is 15.9. The van der Waals surface area contributed by atoms with E-state index in [-0.39, 0.29) is 17.7 Å². The maximum atomic E-state index is 13.1. The summed E-state index contributed by atoms with van der Waals surface area (Å²) in [6.45, 7) is 5.22. The van der Waals surface area contributed by atoms with Gasteiger partial charge in [0, 0.05) is 48.7 Å². The number of nitrogens with one attached hydrogen (secondary N) is 1. The highest BCUT2D eigenvalue weighted by molar-refractivity contribution is 6.06. The number of amides is 1. The monoisotopic (exact) mass is 446 g/mol. The molecular weight excluding hydrogens is 420 g/mol. The normalized spacial score (nSPS) is 14.7. The molecule has 4 aromatic rings. The summed E-state index contributed by atoms with van der Waals surface area (Å²) in [5.41, 5.74) is 5.10. The lowest BCUT2D eigenvalue weighted by Crippen LogP contribution is -2.36. The van der Waals surface area contributed by atoms with Crippen LogP contribution in [0.5, 0.6) is 0 Å². The van der Waals surface area contributed by atoms with E-state index in [1.54, 1.807) is 4.68 Å². The summed E-state index contributed by atoms with van der Waals surface area (Å²) in [6, 6.07) is 7.66. The molecule has 1 aliphatic heterocycles. The number of aliphatic hydroxyl groups excluding tert-OH is 1. The molecular formula is C24H26N6O3. The summed E-state index contributed by atoms with van der Waals surface area (Å²) < 4.78 is 7.35. The standard InChI is InChI=1S/C24H26N6O3/c1-14-8-16(9-15(2)25-14)24-27-21(13-33-24)23(32)26-20-10-17-12-29(3)28-19(17)11-22(20)30-6-4-18(31)5-7-30/h8-13,18,31H,4-7H2,1-3H3,(H,26,32). The Kier molecular flexibility index (Phi) is 5.33. The molecule has 3 aromatic heterocycles. The van der Waals surface area contributed by atoms with Crippen molar-refractivity contribution in [2.75, 3.05) is 23.3 Å². The van der Waals surface area contributed by atoms with Crippen molar-refractivity contribution in [3.8, 4) is 11.5 Å². The Morgan fingerprint density at radius 3 is 2.58 bits per heavy atom. The molecule has 1 aliphatic rings. The summed E-state index contributed by atoms with van der Waals surface area (Å²) in [5.74, 6) is 0.0238. The van der Waals surface area contributed by atoms with E-state index in [2.05, 4.69) is 25.3 Å². The molecule has 33 heavy (non-hydrogen) atoms. The van der Waals surface area contributed by atoms with Crippen LogP contribution in [0.2, 0.25) is 0 Å². The molecule has 2 N–H and O–H groups in total. The van der Waals surface area contributed by atoms with Crippen LogP contribution in [0.3, 0.4) is 0 Å². The zero-order valence-electron chi connectivity index (χ0n) is 18.9. The van der Waals surface area contributed by atoms with Crippen LogP contribution < -0.4 is 10.2 Å². The van der Waals surface area contributed by atoms with Crippen LogP contribution in [0.4, 0.5) is 11.4 Å². The molecule has 1 amide bonds. The molecule has 0 spiro atoms. The van der Waals surface area contributed by atoms with Crippen LogP contribution in [0.25, 0.3) is 22.4 Å². The molecule has 1 fully saturated rings. The maximum Gasteiger partial charge on any atom is 0.277 e. The van der Waals surface area contributed by atoms with E-state index in [9.17, 15) is 9.90 Å².